The molecule has 7 heteroatoms. The summed E-state index contributed by atoms with van der Waals surface area (Å²) in [6.45, 7) is 2.39. The third-order valence-electron chi connectivity index (χ3n) is 4.53. The van der Waals surface area contributed by atoms with E-state index >= 15 is 0 Å². The van der Waals surface area contributed by atoms with Crippen LogP contribution in [0, 0.1) is 0 Å². The van der Waals surface area contributed by atoms with Crippen molar-refractivity contribution in [3.05, 3.63) is 46.7 Å². The minimum atomic E-state index is -0.200. The van der Waals surface area contributed by atoms with Crippen LogP contribution in [0.25, 0.3) is 0 Å². The van der Waals surface area contributed by atoms with Gasteiger partial charge < -0.3 is 10.6 Å². The largest absolute Gasteiger partial charge is 0.350 e. The minimum Gasteiger partial charge on any atom is -0.350 e. The van der Waals surface area contributed by atoms with E-state index < -0.39 is 0 Å². The van der Waals surface area contributed by atoms with Crippen LogP contribution in [0.15, 0.2) is 30.5 Å². The molecular weight excluding hydrogens is 338 g/mol. The molecule has 2 N–H and O–H groups in total. The summed E-state index contributed by atoms with van der Waals surface area (Å²) in [5.74, 6) is -0.200. The van der Waals surface area contributed by atoms with Gasteiger partial charge in [-0.05, 0) is 43.9 Å². The van der Waals surface area contributed by atoms with E-state index in [9.17, 15) is 4.79 Å². The van der Waals surface area contributed by atoms with Gasteiger partial charge in [-0.15, -0.1) is 5.10 Å². The van der Waals surface area contributed by atoms with E-state index in [1.807, 2.05) is 24.3 Å². The zero-order chi connectivity index (χ0) is 17.5. The molecule has 25 heavy (non-hydrogen) atoms. The molecule has 1 atom stereocenters. The topological polar surface area (TPSA) is 71.8 Å². The van der Waals surface area contributed by atoms with Crippen molar-refractivity contribution in [3.63, 3.8) is 0 Å². The van der Waals surface area contributed by atoms with Gasteiger partial charge in [-0.25, -0.2) is 0 Å². The third kappa shape index (κ3) is 5.28. The van der Waals surface area contributed by atoms with Crippen molar-refractivity contribution in [2.75, 3.05) is 13.1 Å². The van der Waals surface area contributed by atoms with Gasteiger partial charge in [0.05, 0.1) is 6.20 Å². The Morgan fingerprint density at radius 3 is 3.04 bits per heavy atom. The Morgan fingerprint density at radius 2 is 2.24 bits per heavy atom. The number of carbonyl (C=O) groups excluding carboxylic acids is 1. The maximum absolute atomic E-state index is 12.2. The average molecular weight is 362 g/mol. The molecule has 0 saturated carbocycles. The maximum Gasteiger partial charge on any atom is 0.273 e. The van der Waals surface area contributed by atoms with E-state index in [-0.39, 0.29) is 5.91 Å². The van der Waals surface area contributed by atoms with Crippen LogP contribution in [0.5, 0.6) is 0 Å². The smallest absolute Gasteiger partial charge is 0.273 e. The summed E-state index contributed by atoms with van der Waals surface area (Å²) >= 11 is 6.12. The van der Waals surface area contributed by atoms with Gasteiger partial charge in [-0.1, -0.05) is 41.4 Å². The van der Waals surface area contributed by atoms with Gasteiger partial charge in [0, 0.05) is 24.2 Å². The second kappa shape index (κ2) is 8.97. The quantitative estimate of drug-likeness (QED) is 0.794. The number of amides is 1. The number of carbonyl (C=O) groups is 1. The van der Waals surface area contributed by atoms with Crippen LogP contribution in [0.3, 0.4) is 0 Å². The summed E-state index contributed by atoms with van der Waals surface area (Å²) < 4.78 is 1.75. The first-order chi connectivity index (χ1) is 12.2. The summed E-state index contributed by atoms with van der Waals surface area (Å²) in [4.78, 5) is 12.2. The highest BCUT2D eigenvalue weighted by Gasteiger charge is 2.14. The molecule has 1 aliphatic heterocycles. The molecule has 1 aromatic carbocycles. The molecule has 0 bridgehead atoms. The lowest BCUT2D eigenvalue weighted by Crippen LogP contribution is -2.34. The van der Waals surface area contributed by atoms with Gasteiger partial charge in [0.25, 0.3) is 5.91 Å². The first-order valence-corrected chi connectivity index (χ1v) is 9.25. The number of rotatable bonds is 7. The molecule has 0 unspecified atom stereocenters. The van der Waals surface area contributed by atoms with Gasteiger partial charge in [0.15, 0.2) is 5.69 Å². The number of aryl methyl sites for hydroxylation is 1. The van der Waals surface area contributed by atoms with E-state index in [1.54, 1.807) is 10.9 Å². The predicted octanol–water partition coefficient (Wildman–Crippen LogP) is 2.44. The zero-order valence-corrected chi connectivity index (χ0v) is 15.0. The number of halogens is 1. The molecule has 2 aromatic rings. The number of piperidine rings is 1. The van der Waals surface area contributed by atoms with E-state index in [0.29, 0.717) is 24.7 Å². The van der Waals surface area contributed by atoms with Crippen LogP contribution in [0.2, 0.25) is 5.02 Å². The first-order valence-electron chi connectivity index (χ1n) is 8.87. The molecule has 1 amide bonds. The molecule has 6 nitrogen and oxygen atoms in total. The fraction of sp³-hybridized carbons (Fsp3) is 0.500. The van der Waals surface area contributed by atoms with Crippen molar-refractivity contribution in [2.45, 2.75) is 44.7 Å². The standard InChI is InChI=1S/C18H24ClN5O/c19-16-7-2-1-5-14(16)8-11-21-18(25)17-13-24(23-22-17)12-9-15-6-3-4-10-20-15/h1-2,5,7,13,15,20H,3-4,6,8-12H2,(H,21,25)/t15-/m1/s1. The van der Waals surface area contributed by atoms with Gasteiger partial charge in [-0.2, -0.15) is 0 Å². The van der Waals surface area contributed by atoms with E-state index in [4.69, 9.17) is 11.6 Å². The number of nitrogens with zero attached hydrogens (tertiary/aromatic N) is 3. The van der Waals surface area contributed by atoms with Crippen LogP contribution in [-0.4, -0.2) is 40.0 Å². The van der Waals surface area contributed by atoms with E-state index in [0.717, 1.165) is 30.1 Å². The molecular formula is C18H24ClN5O. The van der Waals surface area contributed by atoms with Crippen molar-refractivity contribution in [3.8, 4) is 0 Å². The fourth-order valence-corrected chi connectivity index (χ4v) is 3.30. The summed E-state index contributed by atoms with van der Waals surface area (Å²) in [6, 6.07) is 8.20. The SMILES string of the molecule is O=C(NCCc1ccccc1Cl)c1cn(CC[C@H]2CCCCN2)nn1. The highest BCUT2D eigenvalue weighted by molar-refractivity contribution is 6.31. The molecule has 1 aliphatic rings. The monoisotopic (exact) mass is 361 g/mol. The Hall–Kier alpha value is -1.92. The van der Waals surface area contributed by atoms with Crippen molar-refractivity contribution in [1.29, 1.82) is 0 Å². The van der Waals surface area contributed by atoms with Gasteiger partial charge >= 0.3 is 0 Å². The molecule has 1 saturated heterocycles. The molecule has 0 spiro atoms. The van der Waals surface area contributed by atoms with Crippen LogP contribution < -0.4 is 10.6 Å². The Kier molecular flexibility index (Phi) is 6.42. The van der Waals surface area contributed by atoms with Crippen LogP contribution >= 0.6 is 11.6 Å². The van der Waals surface area contributed by atoms with Gasteiger partial charge in [-0.3, -0.25) is 9.48 Å². The summed E-state index contributed by atoms with van der Waals surface area (Å²) in [5.41, 5.74) is 1.38. The molecule has 1 fully saturated rings. The Balaban J connectivity index is 1.43. The van der Waals surface area contributed by atoms with Gasteiger partial charge in [0.2, 0.25) is 0 Å². The molecule has 2 heterocycles. The van der Waals surface area contributed by atoms with Crippen LogP contribution in [-0.2, 0) is 13.0 Å². The first kappa shape index (κ1) is 17.9. The molecule has 134 valence electrons. The summed E-state index contributed by atoms with van der Waals surface area (Å²) in [5, 5.41) is 15.1. The summed E-state index contributed by atoms with van der Waals surface area (Å²) in [7, 11) is 0. The lowest BCUT2D eigenvalue weighted by atomic mass is 10.0. The molecule has 0 radical (unpaired) electrons. The second-order valence-corrected chi connectivity index (χ2v) is 6.81. The van der Waals surface area contributed by atoms with Gasteiger partial charge in [0.1, 0.15) is 0 Å². The molecule has 3 rings (SSSR count). The van der Waals surface area contributed by atoms with Crippen LogP contribution in [0.4, 0.5) is 0 Å². The number of hydrogen-bond acceptors (Lipinski definition) is 4. The highest BCUT2D eigenvalue weighted by atomic mass is 35.5. The lowest BCUT2D eigenvalue weighted by Gasteiger charge is -2.23. The van der Waals surface area contributed by atoms with Crippen molar-refractivity contribution in [2.24, 2.45) is 0 Å². The predicted molar refractivity (Wildman–Crippen MR) is 97.8 cm³/mol. The Bertz CT molecular complexity index is 696. The Labute approximate surface area is 152 Å². The summed E-state index contributed by atoms with van der Waals surface area (Å²) in [6.07, 6.45) is 7.17. The van der Waals surface area contributed by atoms with Crippen molar-refractivity contribution >= 4 is 17.5 Å². The molecule has 1 aromatic heterocycles. The number of benzene rings is 1. The highest BCUT2D eigenvalue weighted by Crippen LogP contribution is 2.15. The Morgan fingerprint density at radius 1 is 1.36 bits per heavy atom. The molecule has 0 aliphatic carbocycles. The lowest BCUT2D eigenvalue weighted by molar-refractivity contribution is 0.0949. The van der Waals surface area contributed by atoms with Crippen LogP contribution in [0.1, 0.15) is 41.7 Å². The number of aromatic nitrogens is 3. The zero-order valence-electron chi connectivity index (χ0n) is 14.2. The number of nitrogens with one attached hydrogen (secondary N) is 2. The van der Waals surface area contributed by atoms with E-state index in [1.165, 1.54) is 19.3 Å². The second-order valence-electron chi connectivity index (χ2n) is 6.40. The maximum atomic E-state index is 12.2. The van der Waals surface area contributed by atoms with Crippen molar-refractivity contribution in [1.82, 2.24) is 25.6 Å². The van der Waals surface area contributed by atoms with E-state index in [2.05, 4.69) is 20.9 Å². The fourth-order valence-electron chi connectivity index (χ4n) is 3.07. The minimum absolute atomic E-state index is 0.200. The van der Waals surface area contributed by atoms with Crippen molar-refractivity contribution < 1.29 is 4.79 Å². The average Bonchev–Trinajstić information content (AvgIpc) is 3.11. The third-order valence-corrected chi connectivity index (χ3v) is 4.90. The normalized spacial score (nSPS) is 17.4. The number of hydrogen-bond donors (Lipinski definition) is 2.